The van der Waals surface area contributed by atoms with Crippen molar-refractivity contribution in [3.8, 4) is 0 Å². The first-order chi connectivity index (χ1) is 10.9. The fraction of sp³-hybridized carbons (Fsp3) is 0.389. The monoisotopic (exact) mass is 330 g/mol. The van der Waals surface area contributed by atoms with E-state index in [0.717, 1.165) is 25.9 Å². The van der Waals surface area contributed by atoms with Crippen LogP contribution in [0.15, 0.2) is 53.6 Å². The van der Waals surface area contributed by atoms with E-state index < -0.39 is 9.84 Å². The smallest absolute Gasteiger partial charge is 0.179 e. The fourth-order valence-corrected chi connectivity index (χ4v) is 4.09. The Kier molecular flexibility index (Phi) is 4.15. The van der Waals surface area contributed by atoms with E-state index in [0.29, 0.717) is 10.7 Å². The first-order valence-electron chi connectivity index (χ1n) is 7.86. The Bertz CT molecular complexity index is 780. The number of piperidine rings is 1. The zero-order valence-corrected chi connectivity index (χ0v) is 14.4. The molecule has 4 nitrogen and oxygen atoms in total. The first-order valence-corrected chi connectivity index (χ1v) is 9.75. The van der Waals surface area contributed by atoms with Gasteiger partial charge in [-0.3, -0.25) is 0 Å². The van der Waals surface area contributed by atoms with Gasteiger partial charge in [-0.15, -0.1) is 0 Å². The number of aromatic nitrogens is 1. The van der Waals surface area contributed by atoms with E-state index in [1.807, 2.05) is 6.07 Å². The van der Waals surface area contributed by atoms with Crippen molar-refractivity contribution in [3.05, 3.63) is 54.2 Å². The summed E-state index contributed by atoms with van der Waals surface area (Å²) in [5.41, 5.74) is 1.49. The van der Waals surface area contributed by atoms with Gasteiger partial charge in [0, 0.05) is 25.5 Å². The number of hydrogen-bond acceptors (Lipinski definition) is 4. The van der Waals surface area contributed by atoms with Gasteiger partial charge < -0.3 is 4.90 Å². The molecular formula is C18H22N2O2S. The Morgan fingerprint density at radius 2 is 1.70 bits per heavy atom. The Labute approximate surface area is 138 Å². The van der Waals surface area contributed by atoms with Crippen molar-refractivity contribution in [2.75, 3.05) is 24.2 Å². The SMILES string of the molecule is CC1(c2ccccc2)CCN(c2ncccc2S(C)(=O)=O)CC1. The van der Waals surface area contributed by atoms with E-state index in [9.17, 15) is 8.42 Å². The molecule has 0 amide bonds. The number of anilines is 1. The zero-order valence-electron chi connectivity index (χ0n) is 13.6. The van der Waals surface area contributed by atoms with Crippen molar-refractivity contribution in [3.63, 3.8) is 0 Å². The molecule has 3 rings (SSSR count). The Balaban J connectivity index is 1.83. The molecule has 0 N–H and O–H groups in total. The third kappa shape index (κ3) is 3.24. The molecule has 5 heteroatoms. The molecule has 1 aliphatic rings. The molecular weight excluding hydrogens is 308 g/mol. The van der Waals surface area contributed by atoms with Crippen LogP contribution in [0, 0.1) is 0 Å². The van der Waals surface area contributed by atoms with E-state index in [-0.39, 0.29) is 5.41 Å². The highest BCUT2D eigenvalue weighted by atomic mass is 32.2. The summed E-state index contributed by atoms with van der Waals surface area (Å²) in [5.74, 6) is 0.588. The van der Waals surface area contributed by atoms with Crippen LogP contribution in [0.25, 0.3) is 0 Å². The van der Waals surface area contributed by atoms with Gasteiger partial charge in [0.1, 0.15) is 10.7 Å². The lowest BCUT2D eigenvalue weighted by atomic mass is 9.74. The van der Waals surface area contributed by atoms with Gasteiger partial charge in [-0.25, -0.2) is 13.4 Å². The molecule has 0 aliphatic carbocycles. The van der Waals surface area contributed by atoms with Gasteiger partial charge in [-0.1, -0.05) is 37.3 Å². The summed E-state index contributed by atoms with van der Waals surface area (Å²) in [4.78, 5) is 6.76. The molecule has 1 saturated heterocycles. The maximum atomic E-state index is 12.0. The maximum Gasteiger partial charge on any atom is 0.179 e. The zero-order chi connectivity index (χ0) is 16.5. The molecule has 1 fully saturated rings. The maximum absolute atomic E-state index is 12.0. The number of sulfone groups is 1. The van der Waals surface area contributed by atoms with E-state index in [1.165, 1.54) is 11.8 Å². The largest absolute Gasteiger partial charge is 0.355 e. The normalized spacial score (nSPS) is 17.9. The lowest BCUT2D eigenvalue weighted by molar-refractivity contribution is 0.360. The minimum Gasteiger partial charge on any atom is -0.355 e. The second-order valence-electron chi connectivity index (χ2n) is 6.51. The molecule has 1 aromatic carbocycles. The predicted octanol–water partition coefficient (Wildman–Crippen LogP) is 3.04. The van der Waals surface area contributed by atoms with Crippen LogP contribution in [0.3, 0.4) is 0 Å². The van der Waals surface area contributed by atoms with Crippen LogP contribution < -0.4 is 4.90 Å². The number of rotatable bonds is 3. The summed E-state index contributed by atoms with van der Waals surface area (Å²) >= 11 is 0. The van der Waals surface area contributed by atoms with Crippen LogP contribution in [0.2, 0.25) is 0 Å². The van der Waals surface area contributed by atoms with Crippen molar-refractivity contribution in [2.24, 2.45) is 0 Å². The second kappa shape index (κ2) is 5.96. The quantitative estimate of drug-likeness (QED) is 0.868. The van der Waals surface area contributed by atoms with Crippen LogP contribution in [-0.4, -0.2) is 32.7 Å². The Morgan fingerprint density at radius 1 is 1.04 bits per heavy atom. The molecule has 0 unspecified atom stereocenters. The van der Waals surface area contributed by atoms with Crippen molar-refractivity contribution in [2.45, 2.75) is 30.1 Å². The molecule has 23 heavy (non-hydrogen) atoms. The Morgan fingerprint density at radius 3 is 2.30 bits per heavy atom. The lowest BCUT2D eigenvalue weighted by Crippen LogP contribution is -2.41. The van der Waals surface area contributed by atoms with Crippen molar-refractivity contribution < 1.29 is 8.42 Å². The number of benzene rings is 1. The first kappa shape index (κ1) is 16.0. The molecule has 0 saturated carbocycles. The van der Waals surface area contributed by atoms with Crippen molar-refractivity contribution in [1.82, 2.24) is 4.98 Å². The topological polar surface area (TPSA) is 50.3 Å². The van der Waals surface area contributed by atoms with Crippen LogP contribution in [-0.2, 0) is 15.3 Å². The molecule has 2 heterocycles. The highest BCUT2D eigenvalue weighted by Gasteiger charge is 2.33. The average molecular weight is 330 g/mol. The number of hydrogen-bond donors (Lipinski definition) is 0. The molecule has 0 bridgehead atoms. The highest BCUT2D eigenvalue weighted by molar-refractivity contribution is 7.90. The van der Waals surface area contributed by atoms with Gasteiger partial charge >= 0.3 is 0 Å². The minimum absolute atomic E-state index is 0.137. The molecule has 0 atom stereocenters. The minimum atomic E-state index is -3.27. The van der Waals surface area contributed by atoms with Gasteiger partial charge in [0.2, 0.25) is 0 Å². The summed E-state index contributed by atoms with van der Waals surface area (Å²) in [6.45, 7) is 3.91. The molecule has 2 aromatic rings. The third-order valence-electron chi connectivity index (χ3n) is 4.79. The molecule has 122 valence electrons. The Hall–Kier alpha value is -1.88. The van der Waals surface area contributed by atoms with Gasteiger partial charge in [-0.05, 0) is 36.0 Å². The van der Waals surface area contributed by atoms with Gasteiger partial charge in [0.15, 0.2) is 9.84 Å². The standard InChI is InChI=1S/C18H22N2O2S/c1-18(15-7-4-3-5-8-15)10-13-20(14-11-18)17-16(23(2,21)22)9-6-12-19-17/h3-9,12H,10-11,13-14H2,1-2H3. The molecule has 0 radical (unpaired) electrons. The molecule has 0 spiro atoms. The van der Waals surface area contributed by atoms with Gasteiger partial charge in [0.05, 0.1) is 0 Å². The number of pyridine rings is 1. The van der Waals surface area contributed by atoms with E-state index in [1.54, 1.807) is 18.3 Å². The van der Waals surface area contributed by atoms with E-state index >= 15 is 0 Å². The third-order valence-corrected chi connectivity index (χ3v) is 5.91. The van der Waals surface area contributed by atoms with Gasteiger partial charge in [0.25, 0.3) is 0 Å². The predicted molar refractivity (Wildman–Crippen MR) is 92.6 cm³/mol. The van der Waals surface area contributed by atoms with Crippen molar-refractivity contribution >= 4 is 15.7 Å². The average Bonchev–Trinajstić information content (AvgIpc) is 2.56. The summed E-state index contributed by atoms with van der Waals surface area (Å²) in [5, 5.41) is 0. The second-order valence-corrected chi connectivity index (χ2v) is 8.50. The van der Waals surface area contributed by atoms with E-state index in [2.05, 4.69) is 41.1 Å². The number of nitrogens with zero attached hydrogens (tertiary/aromatic N) is 2. The summed E-state index contributed by atoms with van der Waals surface area (Å²) in [6, 6.07) is 13.9. The van der Waals surface area contributed by atoms with E-state index in [4.69, 9.17) is 0 Å². The van der Waals surface area contributed by atoms with Crippen LogP contribution >= 0.6 is 0 Å². The van der Waals surface area contributed by atoms with Crippen LogP contribution in [0.1, 0.15) is 25.3 Å². The fourth-order valence-electron chi connectivity index (χ4n) is 3.25. The van der Waals surface area contributed by atoms with Crippen molar-refractivity contribution in [1.29, 1.82) is 0 Å². The highest BCUT2D eigenvalue weighted by Crippen LogP contribution is 2.37. The molecule has 1 aromatic heterocycles. The summed E-state index contributed by atoms with van der Waals surface area (Å²) in [7, 11) is -3.27. The molecule has 1 aliphatic heterocycles. The van der Waals surface area contributed by atoms with Crippen LogP contribution in [0.5, 0.6) is 0 Å². The van der Waals surface area contributed by atoms with Crippen LogP contribution in [0.4, 0.5) is 5.82 Å². The summed E-state index contributed by atoms with van der Waals surface area (Å²) < 4.78 is 24.0. The summed E-state index contributed by atoms with van der Waals surface area (Å²) in [6.07, 6.45) is 4.87. The lowest BCUT2D eigenvalue weighted by Gasteiger charge is -2.40. The van der Waals surface area contributed by atoms with Gasteiger partial charge in [-0.2, -0.15) is 0 Å².